The fourth-order valence-electron chi connectivity index (χ4n) is 1.69. The molecule has 0 unspecified atom stereocenters. The van der Waals surface area contributed by atoms with Crippen molar-refractivity contribution in [1.29, 1.82) is 0 Å². The number of nitro benzene ring substituents is 1. The molecule has 0 fully saturated rings. The second kappa shape index (κ2) is 6.00. The molecular formula is C12H17N3O3. The van der Waals surface area contributed by atoms with Crippen LogP contribution in [0, 0.1) is 10.1 Å². The van der Waals surface area contributed by atoms with E-state index in [9.17, 15) is 14.9 Å². The fraction of sp³-hybridized carbons (Fsp3) is 0.417. The molecule has 6 heteroatoms. The van der Waals surface area contributed by atoms with Crippen LogP contribution in [0.5, 0.6) is 0 Å². The van der Waals surface area contributed by atoms with E-state index in [1.165, 1.54) is 18.2 Å². The molecule has 0 aliphatic carbocycles. The number of nitrogens with one attached hydrogen (secondary N) is 1. The van der Waals surface area contributed by atoms with E-state index in [-0.39, 0.29) is 11.6 Å². The summed E-state index contributed by atoms with van der Waals surface area (Å²) in [7, 11) is 3.30. The van der Waals surface area contributed by atoms with Gasteiger partial charge in [-0.2, -0.15) is 0 Å². The van der Waals surface area contributed by atoms with Crippen LogP contribution in [0.3, 0.4) is 0 Å². The lowest BCUT2D eigenvalue weighted by atomic mass is 10.1. The number of hydrogen-bond acceptors (Lipinski definition) is 4. The van der Waals surface area contributed by atoms with Crippen molar-refractivity contribution in [2.45, 2.75) is 13.3 Å². The first-order chi connectivity index (χ1) is 8.51. The number of carbonyl (C=O) groups excluding carboxylic acids is 1. The van der Waals surface area contributed by atoms with Crippen molar-refractivity contribution < 1.29 is 9.72 Å². The maximum absolute atomic E-state index is 12.0. The molecule has 0 bridgehead atoms. The second-order valence-corrected chi connectivity index (χ2v) is 3.97. The molecule has 1 aromatic rings. The predicted molar refractivity (Wildman–Crippen MR) is 69.9 cm³/mol. The Hall–Kier alpha value is -2.11. The number of nitro groups is 1. The molecule has 1 rings (SSSR count). The summed E-state index contributed by atoms with van der Waals surface area (Å²) in [6.45, 7) is 2.64. The molecule has 0 saturated carbocycles. The molecule has 0 aliphatic heterocycles. The third-order valence-electron chi connectivity index (χ3n) is 2.62. The topological polar surface area (TPSA) is 75.5 Å². The minimum absolute atomic E-state index is 0.0350. The van der Waals surface area contributed by atoms with Gasteiger partial charge in [-0.25, -0.2) is 0 Å². The minimum Gasteiger partial charge on any atom is -0.383 e. The number of nitrogens with zero attached hydrogens (tertiary/aromatic N) is 2. The van der Waals surface area contributed by atoms with Crippen molar-refractivity contribution in [1.82, 2.24) is 4.90 Å². The quantitative estimate of drug-likeness (QED) is 0.642. The zero-order valence-electron chi connectivity index (χ0n) is 10.8. The summed E-state index contributed by atoms with van der Waals surface area (Å²) < 4.78 is 0. The number of anilines is 1. The number of amides is 1. The van der Waals surface area contributed by atoms with Crippen LogP contribution < -0.4 is 5.32 Å². The first-order valence-corrected chi connectivity index (χ1v) is 5.73. The lowest BCUT2D eigenvalue weighted by Crippen LogP contribution is -2.27. The molecule has 1 amide bonds. The number of benzene rings is 1. The molecule has 0 atom stereocenters. The Balaban J connectivity index is 3.05. The Kier molecular flexibility index (Phi) is 4.65. The van der Waals surface area contributed by atoms with Gasteiger partial charge in [-0.1, -0.05) is 6.92 Å². The van der Waals surface area contributed by atoms with E-state index < -0.39 is 4.92 Å². The molecule has 18 heavy (non-hydrogen) atoms. The average Bonchev–Trinajstić information content (AvgIpc) is 2.37. The van der Waals surface area contributed by atoms with Gasteiger partial charge in [0.05, 0.1) is 4.92 Å². The first-order valence-electron chi connectivity index (χ1n) is 5.73. The van der Waals surface area contributed by atoms with Gasteiger partial charge >= 0.3 is 0 Å². The van der Waals surface area contributed by atoms with Gasteiger partial charge in [0.25, 0.3) is 11.6 Å². The molecule has 1 aromatic carbocycles. The molecule has 98 valence electrons. The highest BCUT2D eigenvalue weighted by atomic mass is 16.6. The fourth-order valence-corrected chi connectivity index (χ4v) is 1.69. The van der Waals surface area contributed by atoms with Crippen molar-refractivity contribution in [3.63, 3.8) is 0 Å². The van der Waals surface area contributed by atoms with Gasteiger partial charge in [0.15, 0.2) is 0 Å². The predicted octanol–water partition coefficient (Wildman–Crippen LogP) is 2.12. The highest BCUT2D eigenvalue weighted by Crippen LogP contribution is 2.25. The van der Waals surface area contributed by atoms with Gasteiger partial charge in [-0.15, -0.1) is 0 Å². The average molecular weight is 251 g/mol. The van der Waals surface area contributed by atoms with Gasteiger partial charge in [-0.05, 0) is 18.6 Å². The standard InChI is InChI=1S/C12H17N3O3/c1-4-7-14(3)12(16)9-5-6-11(15(17)18)10(8-9)13-2/h5-6,8,13H,4,7H2,1-3H3. The van der Waals surface area contributed by atoms with E-state index >= 15 is 0 Å². The summed E-state index contributed by atoms with van der Waals surface area (Å²) >= 11 is 0. The number of carbonyl (C=O) groups is 1. The van der Waals surface area contributed by atoms with Crippen LogP contribution in [-0.4, -0.2) is 36.4 Å². The van der Waals surface area contributed by atoms with E-state index in [2.05, 4.69) is 5.32 Å². The lowest BCUT2D eigenvalue weighted by Gasteiger charge is -2.16. The Bertz CT molecular complexity index is 460. The molecule has 0 radical (unpaired) electrons. The van der Waals surface area contributed by atoms with Crippen molar-refractivity contribution in [3.8, 4) is 0 Å². The van der Waals surface area contributed by atoms with Gasteiger partial charge < -0.3 is 10.2 Å². The van der Waals surface area contributed by atoms with Crippen LogP contribution in [0.1, 0.15) is 23.7 Å². The van der Waals surface area contributed by atoms with Gasteiger partial charge in [0.1, 0.15) is 5.69 Å². The Morgan fingerprint density at radius 1 is 1.50 bits per heavy atom. The van der Waals surface area contributed by atoms with Gasteiger partial charge in [-0.3, -0.25) is 14.9 Å². The van der Waals surface area contributed by atoms with E-state index in [1.807, 2.05) is 6.92 Å². The lowest BCUT2D eigenvalue weighted by molar-refractivity contribution is -0.383. The zero-order valence-corrected chi connectivity index (χ0v) is 10.8. The van der Waals surface area contributed by atoms with Crippen LogP contribution in [-0.2, 0) is 0 Å². The summed E-state index contributed by atoms with van der Waals surface area (Å²) in [6, 6.07) is 4.33. The Labute approximate surface area is 106 Å². The summed E-state index contributed by atoms with van der Waals surface area (Å²) in [5.74, 6) is -0.136. The normalized spacial score (nSPS) is 9.94. The van der Waals surface area contributed by atoms with E-state index in [0.29, 0.717) is 17.8 Å². The number of hydrogen-bond donors (Lipinski definition) is 1. The van der Waals surface area contributed by atoms with Crippen LogP contribution in [0.2, 0.25) is 0 Å². The van der Waals surface area contributed by atoms with Gasteiger partial charge in [0, 0.05) is 32.3 Å². The first kappa shape index (κ1) is 14.0. The minimum atomic E-state index is -0.476. The summed E-state index contributed by atoms with van der Waals surface area (Å²) in [5, 5.41) is 13.5. The van der Waals surface area contributed by atoms with Crippen LogP contribution >= 0.6 is 0 Å². The molecule has 0 spiro atoms. The zero-order chi connectivity index (χ0) is 13.7. The maximum Gasteiger partial charge on any atom is 0.292 e. The highest BCUT2D eigenvalue weighted by Gasteiger charge is 2.17. The van der Waals surface area contributed by atoms with Crippen molar-refractivity contribution in [3.05, 3.63) is 33.9 Å². The summed E-state index contributed by atoms with van der Waals surface area (Å²) in [6.07, 6.45) is 0.869. The third-order valence-corrected chi connectivity index (χ3v) is 2.62. The van der Waals surface area contributed by atoms with Crippen LogP contribution in [0.25, 0.3) is 0 Å². The SMILES string of the molecule is CCCN(C)C(=O)c1ccc([N+](=O)[O-])c(NC)c1. The molecule has 1 N–H and O–H groups in total. The molecule has 0 aliphatic rings. The molecule has 6 nitrogen and oxygen atoms in total. The van der Waals surface area contributed by atoms with E-state index in [0.717, 1.165) is 6.42 Å². The summed E-state index contributed by atoms with van der Waals surface area (Å²) in [5.41, 5.74) is 0.754. The Morgan fingerprint density at radius 2 is 2.17 bits per heavy atom. The molecular weight excluding hydrogens is 234 g/mol. The van der Waals surface area contributed by atoms with E-state index in [1.54, 1.807) is 19.0 Å². The Morgan fingerprint density at radius 3 is 2.67 bits per heavy atom. The monoisotopic (exact) mass is 251 g/mol. The molecule has 0 aromatic heterocycles. The van der Waals surface area contributed by atoms with Crippen molar-refractivity contribution in [2.75, 3.05) is 26.0 Å². The smallest absolute Gasteiger partial charge is 0.292 e. The van der Waals surface area contributed by atoms with Crippen molar-refractivity contribution >= 4 is 17.3 Å². The number of rotatable bonds is 5. The van der Waals surface area contributed by atoms with E-state index in [4.69, 9.17) is 0 Å². The molecule has 0 saturated heterocycles. The van der Waals surface area contributed by atoms with Crippen LogP contribution in [0.4, 0.5) is 11.4 Å². The second-order valence-electron chi connectivity index (χ2n) is 3.97. The van der Waals surface area contributed by atoms with Crippen LogP contribution in [0.15, 0.2) is 18.2 Å². The highest BCUT2D eigenvalue weighted by molar-refractivity contribution is 5.95. The largest absolute Gasteiger partial charge is 0.383 e. The van der Waals surface area contributed by atoms with Gasteiger partial charge in [0.2, 0.25) is 0 Å². The van der Waals surface area contributed by atoms with Crippen molar-refractivity contribution in [2.24, 2.45) is 0 Å². The molecule has 0 heterocycles. The summed E-state index contributed by atoms with van der Waals surface area (Å²) in [4.78, 5) is 23.9. The maximum atomic E-state index is 12.0. The third kappa shape index (κ3) is 2.97.